The number of rotatable bonds is 15. The van der Waals surface area contributed by atoms with Crippen LogP contribution in [-0.2, 0) is 36.8 Å². The SMILES string of the molecule is CC(C)CC(NC(=O)C(CC(N)=O)NC(=O)C(Cc1ccccc1)NC(=O)C(N)Cc1ccccc1)C(=O)O. The van der Waals surface area contributed by atoms with E-state index in [1.165, 1.54) is 0 Å². The van der Waals surface area contributed by atoms with Crippen molar-refractivity contribution < 1.29 is 29.1 Å². The number of carbonyl (C=O) groups excluding carboxylic acids is 4. The van der Waals surface area contributed by atoms with E-state index >= 15 is 0 Å². The van der Waals surface area contributed by atoms with Gasteiger partial charge in [0.25, 0.3) is 0 Å². The van der Waals surface area contributed by atoms with Crippen LogP contribution >= 0.6 is 0 Å². The molecule has 0 aliphatic heterocycles. The highest BCUT2D eigenvalue weighted by atomic mass is 16.4. The van der Waals surface area contributed by atoms with Gasteiger partial charge in [0.05, 0.1) is 12.5 Å². The summed E-state index contributed by atoms with van der Waals surface area (Å²) in [7, 11) is 0. The number of primary amides is 1. The van der Waals surface area contributed by atoms with Gasteiger partial charge in [0, 0.05) is 6.42 Å². The zero-order valence-electron chi connectivity index (χ0n) is 22.1. The average molecular weight is 540 g/mol. The minimum absolute atomic E-state index is 0.0406. The van der Waals surface area contributed by atoms with E-state index in [4.69, 9.17) is 11.5 Å². The summed E-state index contributed by atoms with van der Waals surface area (Å²) in [5, 5.41) is 16.9. The molecule has 0 aliphatic carbocycles. The van der Waals surface area contributed by atoms with Crippen molar-refractivity contribution in [1.82, 2.24) is 16.0 Å². The van der Waals surface area contributed by atoms with Gasteiger partial charge < -0.3 is 32.5 Å². The molecule has 0 spiro atoms. The molecule has 8 N–H and O–H groups in total. The lowest BCUT2D eigenvalue weighted by Gasteiger charge is -2.25. The van der Waals surface area contributed by atoms with Gasteiger partial charge in [-0.15, -0.1) is 0 Å². The summed E-state index contributed by atoms with van der Waals surface area (Å²) in [6, 6.07) is 13.3. The zero-order valence-corrected chi connectivity index (χ0v) is 22.1. The number of hydrogen-bond donors (Lipinski definition) is 6. The molecule has 0 aromatic heterocycles. The molecule has 0 bridgehead atoms. The van der Waals surface area contributed by atoms with Gasteiger partial charge >= 0.3 is 5.97 Å². The topological polar surface area (TPSA) is 194 Å². The van der Waals surface area contributed by atoms with Gasteiger partial charge in [-0.2, -0.15) is 0 Å². The van der Waals surface area contributed by atoms with Crippen molar-refractivity contribution in [3.8, 4) is 0 Å². The number of aliphatic carboxylic acids is 1. The molecule has 11 nitrogen and oxygen atoms in total. The predicted molar refractivity (Wildman–Crippen MR) is 145 cm³/mol. The van der Waals surface area contributed by atoms with Crippen LogP contribution in [0.15, 0.2) is 60.7 Å². The summed E-state index contributed by atoms with van der Waals surface area (Å²) < 4.78 is 0. The van der Waals surface area contributed by atoms with Crippen LogP contribution in [-0.4, -0.2) is 58.9 Å². The van der Waals surface area contributed by atoms with Crippen LogP contribution in [0.25, 0.3) is 0 Å². The maximum atomic E-state index is 13.3. The molecule has 2 aromatic rings. The van der Waals surface area contributed by atoms with Crippen LogP contribution in [0.5, 0.6) is 0 Å². The fourth-order valence-electron chi connectivity index (χ4n) is 3.95. The Morgan fingerprint density at radius 3 is 1.67 bits per heavy atom. The largest absolute Gasteiger partial charge is 0.480 e. The van der Waals surface area contributed by atoms with Gasteiger partial charge in [0.2, 0.25) is 23.6 Å². The van der Waals surface area contributed by atoms with E-state index in [0.29, 0.717) is 0 Å². The van der Waals surface area contributed by atoms with Crippen molar-refractivity contribution in [1.29, 1.82) is 0 Å². The van der Waals surface area contributed by atoms with Crippen molar-refractivity contribution in [3.63, 3.8) is 0 Å². The molecule has 4 unspecified atom stereocenters. The zero-order chi connectivity index (χ0) is 28.9. The van der Waals surface area contributed by atoms with Crippen molar-refractivity contribution >= 4 is 29.6 Å². The first-order valence-corrected chi connectivity index (χ1v) is 12.7. The van der Waals surface area contributed by atoms with E-state index in [1.54, 1.807) is 44.2 Å². The van der Waals surface area contributed by atoms with Crippen molar-refractivity contribution in [2.24, 2.45) is 17.4 Å². The first kappa shape index (κ1) is 31.0. The molecule has 39 heavy (non-hydrogen) atoms. The third-order valence-electron chi connectivity index (χ3n) is 5.91. The summed E-state index contributed by atoms with van der Waals surface area (Å²) >= 11 is 0. The summed E-state index contributed by atoms with van der Waals surface area (Å²) in [5.74, 6) is -4.37. The summed E-state index contributed by atoms with van der Waals surface area (Å²) in [6.07, 6.45) is -0.104. The number of carboxylic acids is 1. The van der Waals surface area contributed by atoms with E-state index < -0.39 is 60.2 Å². The molecule has 0 saturated carbocycles. The van der Waals surface area contributed by atoms with Gasteiger partial charge in [0.1, 0.15) is 18.1 Å². The number of carbonyl (C=O) groups is 5. The Hall–Kier alpha value is -4.25. The van der Waals surface area contributed by atoms with Gasteiger partial charge in [-0.05, 0) is 29.9 Å². The van der Waals surface area contributed by atoms with Crippen LogP contribution in [0, 0.1) is 5.92 Å². The molecule has 0 fully saturated rings. The first-order valence-electron chi connectivity index (χ1n) is 12.7. The molecule has 0 aliphatic rings. The van der Waals surface area contributed by atoms with E-state index in [9.17, 15) is 29.1 Å². The Morgan fingerprint density at radius 2 is 1.18 bits per heavy atom. The van der Waals surface area contributed by atoms with Gasteiger partial charge in [-0.3, -0.25) is 19.2 Å². The van der Waals surface area contributed by atoms with Crippen molar-refractivity contribution in [2.75, 3.05) is 0 Å². The minimum Gasteiger partial charge on any atom is -0.480 e. The molecule has 0 radical (unpaired) electrons. The number of nitrogens with two attached hydrogens (primary N) is 2. The molecular weight excluding hydrogens is 502 g/mol. The Balaban J connectivity index is 2.21. The Bertz CT molecular complexity index is 1130. The Kier molecular flexibility index (Phi) is 12.1. The lowest BCUT2D eigenvalue weighted by molar-refractivity contribution is -0.143. The molecule has 11 heteroatoms. The molecule has 4 atom stereocenters. The van der Waals surface area contributed by atoms with Crippen molar-refractivity contribution in [2.45, 2.75) is 63.7 Å². The highest BCUT2D eigenvalue weighted by Crippen LogP contribution is 2.09. The summed E-state index contributed by atoms with van der Waals surface area (Å²) in [5.41, 5.74) is 13.0. The van der Waals surface area contributed by atoms with Crippen LogP contribution < -0.4 is 27.4 Å². The smallest absolute Gasteiger partial charge is 0.326 e. The maximum Gasteiger partial charge on any atom is 0.326 e. The van der Waals surface area contributed by atoms with Gasteiger partial charge in [0.15, 0.2) is 0 Å². The molecule has 4 amide bonds. The quantitative estimate of drug-likeness (QED) is 0.187. The van der Waals surface area contributed by atoms with Crippen LogP contribution in [0.2, 0.25) is 0 Å². The standard InChI is InChI=1S/C28H37N5O6/c1-17(2)13-23(28(38)39)33-27(37)22(16-24(30)34)32-26(36)21(15-19-11-7-4-8-12-19)31-25(35)20(29)14-18-9-5-3-6-10-18/h3-12,17,20-23H,13-16,29H2,1-2H3,(H2,30,34)(H,31,35)(H,32,36)(H,33,37)(H,38,39). The van der Waals surface area contributed by atoms with E-state index in [-0.39, 0.29) is 25.2 Å². The maximum absolute atomic E-state index is 13.3. The Morgan fingerprint density at radius 1 is 0.718 bits per heavy atom. The number of hydrogen-bond acceptors (Lipinski definition) is 6. The number of benzene rings is 2. The molecular formula is C28H37N5O6. The van der Waals surface area contributed by atoms with E-state index in [1.807, 2.05) is 30.3 Å². The first-order chi connectivity index (χ1) is 18.5. The van der Waals surface area contributed by atoms with Crippen LogP contribution in [0.4, 0.5) is 0 Å². The molecule has 0 saturated heterocycles. The molecule has 2 rings (SSSR count). The highest BCUT2D eigenvalue weighted by Gasteiger charge is 2.31. The van der Waals surface area contributed by atoms with Crippen molar-refractivity contribution in [3.05, 3.63) is 71.8 Å². The third kappa shape index (κ3) is 10.9. The fraction of sp³-hybridized carbons (Fsp3) is 0.393. The van der Waals surface area contributed by atoms with Gasteiger partial charge in [-0.25, -0.2) is 4.79 Å². The van der Waals surface area contributed by atoms with Gasteiger partial charge in [-0.1, -0.05) is 74.5 Å². The summed E-state index contributed by atoms with van der Waals surface area (Å²) in [4.78, 5) is 62.5. The monoisotopic (exact) mass is 539 g/mol. The second-order valence-electron chi connectivity index (χ2n) is 9.81. The van der Waals surface area contributed by atoms with Crippen LogP contribution in [0.1, 0.15) is 37.8 Å². The minimum atomic E-state index is -1.45. The summed E-state index contributed by atoms with van der Waals surface area (Å²) in [6.45, 7) is 3.59. The second-order valence-corrected chi connectivity index (χ2v) is 9.81. The van der Waals surface area contributed by atoms with E-state index in [0.717, 1.165) is 11.1 Å². The average Bonchev–Trinajstić information content (AvgIpc) is 2.88. The van der Waals surface area contributed by atoms with Crippen LogP contribution in [0.3, 0.4) is 0 Å². The van der Waals surface area contributed by atoms with E-state index in [2.05, 4.69) is 16.0 Å². The fourth-order valence-corrected chi connectivity index (χ4v) is 3.95. The highest BCUT2D eigenvalue weighted by molar-refractivity contribution is 5.96. The Labute approximate surface area is 227 Å². The molecule has 2 aromatic carbocycles. The predicted octanol–water partition coefficient (Wildman–Crippen LogP) is 0.260. The molecule has 0 heterocycles. The third-order valence-corrected chi connectivity index (χ3v) is 5.91. The second kappa shape index (κ2) is 15.2. The normalized spacial score (nSPS) is 13.9. The number of nitrogens with one attached hydrogen (secondary N) is 3. The lowest BCUT2D eigenvalue weighted by Crippen LogP contribution is -2.58. The number of amides is 4. The molecule has 210 valence electrons. The lowest BCUT2D eigenvalue weighted by atomic mass is 10.0. The number of carboxylic acid groups (broad SMARTS) is 1.